The summed E-state index contributed by atoms with van der Waals surface area (Å²) in [6.07, 6.45) is 4.80. The van der Waals surface area contributed by atoms with Crippen molar-refractivity contribution in [3.63, 3.8) is 0 Å². The highest BCUT2D eigenvalue weighted by Gasteiger charge is 2.58. The van der Waals surface area contributed by atoms with E-state index in [4.69, 9.17) is 0 Å². The molecule has 0 amide bonds. The minimum Gasteiger partial charge on any atom is -0.334 e. The van der Waals surface area contributed by atoms with Crippen molar-refractivity contribution in [1.29, 1.82) is 0 Å². The second kappa shape index (κ2) is 23.9. The molecule has 7 heteroatoms. The van der Waals surface area contributed by atoms with Crippen LogP contribution >= 0.6 is 11.3 Å². The first kappa shape index (κ1) is 62.8. The van der Waals surface area contributed by atoms with E-state index in [1.807, 2.05) is 11.3 Å². The number of anilines is 11. The van der Waals surface area contributed by atoms with Gasteiger partial charge in [-0.1, -0.05) is 274 Å². The van der Waals surface area contributed by atoms with Crippen LogP contribution < -0.4 is 56.0 Å². The van der Waals surface area contributed by atoms with E-state index in [1.165, 1.54) is 133 Å². The third-order valence-electron chi connectivity index (χ3n) is 23.4. The summed E-state index contributed by atoms with van der Waals surface area (Å²) in [7, 11) is -3.29. The molecule has 1 saturated carbocycles. The number of para-hydroxylation sites is 2. The lowest BCUT2D eigenvalue weighted by atomic mass is 9.36. The van der Waals surface area contributed by atoms with Crippen LogP contribution in [0.3, 0.4) is 0 Å². The zero-order valence-corrected chi connectivity index (χ0v) is 60.9. The van der Waals surface area contributed by atoms with Crippen molar-refractivity contribution in [2.75, 3.05) is 19.6 Å². The van der Waals surface area contributed by atoms with E-state index in [0.29, 0.717) is 0 Å². The second-order valence-corrected chi connectivity index (χ2v) is 36.0. The molecule has 1 fully saturated rings. The summed E-state index contributed by atoms with van der Waals surface area (Å²) in [5.41, 5.74) is 21.8. The van der Waals surface area contributed by atoms with E-state index in [2.05, 4.69) is 384 Å². The number of hydrogen-bond donors (Lipinski definition) is 0. The van der Waals surface area contributed by atoms with Gasteiger partial charge in [0.05, 0.1) is 16.9 Å². The lowest BCUT2D eigenvalue weighted by Crippen LogP contribution is -2.75. The standard InChI is InChI=1S/C94H83BN4SSi/c1-91(2,3)67-43-47-69(48-44-67)96(82-41-25-23-39-78(82)64-29-13-9-14-30-64)73-55-56-81-84(61-73)97(70-49-45-68(46-50-70)92(4,5)6)85-62-77(101(74-33-15-10-16-34-74,75-35-17-11-18-36-75)76-37-19-12-20-38-76)63-86-88(85)95(81)90-89(79-59-65-31-21-22-32-66(65)60-87(79)100-90)98(86)71-51-53-72(54-52-71)99-83-42-26-24-40-80(83)93(7)57-27-28-58-94(93,99)8/h9-26,29-56,59-63H,27-28,57-58H2,1-8H3. The molecule has 4 aliphatic rings. The Kier molecular flexibility index (Phi) is 14.8. The Hall–Kier alpha value is -10.4. The topological polar surface area (TPSA) is 13.0 Å². The molecule has 0 saturated heterocycles. The average molecular weight is 1340 g/mol. The fourth-order valence-corrected chi connectivity index (χ4v) is 24.3. The first-order chi connectivity index (χ1) is 49.1. The molecule has 0 radical (unpaired) electrons. The van der Waals surface area contributed by atoms with E-state index >= 15 is 0 Å². The van der Waals surface area contributed by atoms with Crippen LogP contribution in [0, 0.1) is 0 Å². The summed E-state index contributed by atoms with van der Waals surface area (Å²) < 4.78 is 2.63. The van der Waals surface area contributed by atoms with E-state index in [9.17, 15) is 0 Å². The quantitative estimate of drug-likeness (QED) is 0.0945. The highest BCUT2D eigenvalue weighted by molar-refractivity contribution is 7.34. The van der Waals surface area contributed by atoms with Crippen LogP contribution in [0.5, 0.6) is 0 Å². The van der Waals surface area contributed by atoms with E-state index in [1.54, 1.807) is 0 Å². The van der Waals surface area contributed by atoms with Crippen LogP contribution in [0.1, 0.15) is 97.8 Å². The van der Waals surface area contributed by atoms with Crippen molar-refractivity contribution < 1.29 is 0 Å². The predicted molar refractivity (Wildman–Crippen MR) is 437 cm³/mol. The maximum absolute atomic E-state index is 3.29. The average Bonchev–Trinajstić information content (AvgIpc) is 1.68. The van der Waals surface area contributed by atoms with Gasteiger partial charge in [-0.25, -0.2) is 0 Å². The van der Waals surface area contributed by atoms with Crippen molar-refractivity contribution >= 4 is 146 Å². The van der Waals surface area contributed by atoms with Crippen molar-refractivity contribution in [3.05, 3.63) is 326 Å². The maximum atomic E-state index is 2.73. The number of thiophene rings is 1. The second-order valence-electron chi connectivity index (χ2n) is 31.1. The summed E-state index contributed by atoms with van der Waals surface area (Å²) in [4.78, 5) is 10.6. The fourth-order valence-electron chi connectivity index (χ4n) is 18.1. The van der Waals surface area contributed by atoms with Crippen molar-refractivity contribution in [2.45, 2.75) is 103 Å². The van der Waals surface area contributed by atoms with Crippen molar-refractivity contribution in [3.8, 4) is 11.1 Å². The molecule has 492 valence electrons. The summed E-state index contributed by atoms with van der Waals surface area (Å²) in [6.45, 7) is 18.8. The highest BCUT2D eigenvalue weighted by Crippen LogP contribution is 2.61. The zero-order valence-electron chi connectivity index (χ0n) is 59.0. The van der Waals surface area contributed by atoms with Crippen molar-refractivity contribution in [2.24, 2.45) is 0 Å². The summed E-state index contributed by atoms with van der Waals surface area (Å²) >= 11 is 1.98. The van der Waals surface area contributed by atoms with Crippen LogP contribution in [0.15, 0.2) is 309 Å². The minimum atomic E-state index is -3.29. The molecule has 0 spiro atoms. The molecule has 2 unspecified atom stereocenters. The molecular weight excluding hydrogens is 1260 g/mol. The van der Waals surface area contributed by atoms with Crippen LogP contribution in [-0.4, -0.2) is 20.3 Å². The van der Waals surface area contributed by atoms with E-state index < -0.39 is 8.07 Å². The lowest BCUT2D eigenvalue weighted by molar-refractivity contribution is 0.195. The molecule has 3 aliphatic heterocycles. The van der Waals surface area contributed by atoms with Gasteiger partial charge < -0.3 is 19.6 Å². The molecule has 4 heterocycles. The Bertz CT molecular complexity index is 5400. The Morgan fingerprint density at radius 2 is 0.931 bits per heavy atom. The third kappa shape index (κ3) is 9.89. The molecule has 101 heavy (non-hydrogen) atoms. The molecule has 18 rings (SSSR count). The summed E-state index contributed by atoms with van der Waals surface area (Å²) in [6, 6.07) is 119. The summed E-state index contributed by atoms with van der Waals surface area (Å²) in [5.74, 6) is 0. The van der Waals surface area contributed by atoms with Crippen LogP contribution in [0.25, 0.3) is 32.0 Å². The molecule has 1 aliphatic carbocycles. The van der Waals surface area contributed by atoms with Crippen LogP contribution in [-0.2, 0) is 16.2 Å². The molecule has 2 atom stereocenters. The van der Waals surface area contributed by atoms with E-state index in [-0.39, 0.29) is 28.5 Å². The Balaban J connectivity index is 0.962. The highest BCUT2D eigenvalue weighted by atomic mass is 32.1. The molecule has 0 bridgehead atoms. The van der Waals surface area contributed by atoms with Gasteiger partial charge in [-0.2, -0.15) is 0 Å². The minimum absolute atomic E-state index is 0.0270. The number of nitrogens with zero attached hydrogens (tertiary/aromatic N) is 4. The summed E-state index contributed by atoms with van der Waals surface area (Å²) in [5, 5.41) is 9.07. The van der Waals surface area contributed by atoms with Crippen molar-refractivity contribution in [1.82, 2.24) is 0 Å². The molecule has 1 aromatic heterocycles. The van der Waals surface area contributed by atoms with Crippen LogP contribution in [0.2, 0.25) is 0 Å². The van der Waals surface area contributed by atoms with Gasteiger partial charge in [0.25, 0.3) is 6.71 Å². The number of rotatable bonds is 11. The Labute approximate surface area is 601 Å². The largest absolute Gasteiger partial charge is 0.334 e. The predicted octanol–water partition coefficient (Wildman–Crippen LogP) is 21.0. The monoisotopic (exact) mass is 1340 g/mol. The van der Waals surface area contributed by atoms with Gasteiger partial charge in [-0.15, -0.1) is 11.3 Å². The first-order valence-electron chi connectivity index (χ1n) is 36.3. The molecule has 0 N–H and O–H groups in total. The van der Waals surface area contributed by atoms with Gasteiger partial charge in [0, 0.05) is 77.0 Å². The molecule has 14 aromatic rings. The number of hydrogen-bond acceptors (Lipinski definition) is 5. The molecular formula is C94H83BN4SSi. The van der Waals surface area contributed by atoms with Gasteiger partial charge in [0.1, 0.15) is 0 Å². The normalized spacial score (nSPS) is 17.0. The third-order valence-corrected chi connectivity index (χ3v) is 29.4. The fraction of sp³-hybridized carbons (Fsp3) is 0.170. The van der Waals surface area contributed by atoms with Gasteiger partial charge in [0.15, 0.2) is 8.07 Å². The first-order valence-corrected chi connectivity index (χ1v) is 39.1. The number of fused-ring (bicyclic) bond motifs is 10. The SMILES string of the molecule is CC(C)(C)c1ccc(N(c2ccc3c(c2)N(c2ccc(C(C)(C)C)cc2)c2cc([Si](c4ccccc4)(c4ccccc4)c4ccccc4)cc4c2B3c2sc3cc5ccccc5cc3c2N4c2ccc(N3c4ccccc4C4(C)CCCCC34C)cc2)c2ccccc2-c2ccccc2)cc1. The van der Waals surface area contributed by atoms with Crippen LogP contribution in [0.4, 0.5) is 62.6 Å². The van der Waals surface area contributed by atoms with Gasteiger partial charge in [-0.05, 0) is 192 Å². The Morgan fingerprint density at radius 1 is 0.426 bits per heavy atom. The number of benzene rings is 13. The zero-order chi connectivity index (χ0) is 68.6. The van der Waals surface area contributed by atoms with E-state index in [0.717, 1.165) is 40.5 Å². The lowest BCUT2D eigenvalue weighted by Gasteiger charge is -2.50. The van der Waals surface area contributed by atoms with Gasteiger partial charge in [-0.3, -0.25) is 0 Å². The molecule has 4 nitrogen and oxygen atoms in total. The Morgan fingerprint density at radius 3 is 1.56 bits per heavy atom. The van der Waals surface area contributed by atoms with Gasteiger partial charge in [0.2, 0.25) is 0 Å². The molecule has 13 aromatic carbocycles. The smallest absolute Gasteiger partial charge is 0.264 e. The van der Waals surface area contributed by atoms with Gasteiger partial charge >= 0.3 is 0 Å². The maximum Gasteiger partial charge on any atom is 0.264 e.